The fourth-order valence-electron chi connectivity index (χ4n) is 2.33. The number of likely N-dealkylation sites (N-methyl/N-ethyl adjacent to an activating group) is 1. The van der Waals surface area contributed by atoms with Gasteiger partial charge in [-0.3, -0.25) is 0 Å². The van der Waals surface area contributed by atoms with Crippen LogP contribution in [0, 0.1) is 0 Å². The summed E-state index contributed by atoms with van der Waals surface area (Å²) in [4.78, 5) is 6.31. The molecule has 0 aromatic carbocycles. The van der Waals surface area contributed by atoms with Gasteiger partial charge in [-0.1, -0.05) is 12.8 Å². The van der Waals surface area contributed by atoms with Gasteiger partial charge in [0.1, 0.15) is 0 Å². The average molecular weight is 224 g/mol. The van der Waals surface area contributed by atoms with E-state index >= 15 is 0 Å². The summed E-state index contributed by atoms with van der Waals surface area (Å²) in [5.41, 5.74) is 0. The maximum atomic E-state index is 5.35. The Labute approximate surface area is 96.2 Å². The van der Waals surface area contributed by atoms with E-state index in [4.69, 9.17) is 4.52 Å². The topological polar surface area (TPSA) is 54.2 Å². The molecule has 1 aromatic rings. The molecule has 1 N–H and O–H groups in total. The van der Waals surface area contributed by atoms with E-state index in [1.165, 1.54) is 19.3 Å². The molecule has 0 radical (unpaired) electrons. The van der Waals surface area contributed by atoms with E-state index in [-0.39, 0.29) is 0 Å². The van der Waals surface area contributed by atoms with Crippen molar-refractivity contribution in [3.8, 4) is 0 Å². The highest BCUT2D eigenvalue weighted by molar-refractivity contribution is 5.24. The summed E-state index contributed by atoms with van der Waals surface area (Å²) < 4.78 is 5.35. The first kappa shape index (κ1) is 11.4. The summed E-state index contributed by atoms with van der Waals surface area (Å²) in [7, 11) is 5.85. The monoisotopic (exact) mass is 224 g/mol. The van der Waals surface area contributed by atoms with Crippen LogP contribution in [0.15, 0.2) is 4.52 Å². The minimum atomic E-state index is 0.375. The fourth-order valence-corrected chi connectivity index (χ4v) is 2.33. The molecular weight excluding hydrogens is 204 g/mol. The van der Waals surface area contributed by atoms with Gasteiger partial charge < -0.3 is 14.7 Å². The molecule has 5 nitrogen and oxygen atoms in total. The minimum Gasteiger partial charge on any atom is -0.344 e. The number of hydrogen-bond acceptors (Lipinski definition) is 5. The van der Waals surface area contributed by atoms with Crippen molar-refractivity contribution in [2.24, 2.45) is 0 Å². The molecule has 0 amide bonds. The molecule has 0 saturated heterocycles. The molecule has 2 rings (SSSR count). The highest BCUT2D eigenvalue weighted by atomic mass is 16.5. The van der Waals surface area contributed by atoms with Gasteiger partial charge in [0.25, 0.3) is 5.95 Å². The third-order valence-corrected chi connectivity index (χ3v) is 3.28. The van der Waals surface area contributed by atoms with Crippen molar-refractivity contribution in [2.75, 3.05) is 26.0 Å². The Balaban J connectivity index is 2.14. The molecule has 0 spiro atoms. The largest absolute Gasteiger partial charge is 0.344 e. The Morgan fingerprint density at radius 1 is 1.31 bits per heavy atom. The lowest BCUT2D eigenvalue weighted by Gasteiger charge is -2.28. The van der Waals surface area contributed by atoms with Gasteiger partial charge in [0.2, 0.25) is 5.89 Å². The molecule has 2 unspecified atom stereocenters. The number of aromatic nitrogens is 2. The second-order valence-electron chi connectivity index (χ2n) is 4.61. The van der Waals surface area contributed by atoms with E-state index in [1.807, 2.05) is 26.0 Å². The number of nitrogens with zero attached hydrogens (tertiary/aromatic N) is 3. The quantitative estimate of drug-likeness (QED) is 0.840. The molecule has 1 aliphatic carbocycles. The smallest absolute Gasteiger partial charge is 0.265 e. The van der Waals surface area contributed by atoms with Gasteiger partial charge in [0, 0.05) is 20.1 Å². The lowest BCUT2D eigenvalue weighted by atomic mass is 9.84. The molecule has 1 aromatic heterocycles. The highest BCUT2D eigenvalue weighted by Crippen LogP contribution is 2.32. The summed E-state index contributed by atoms with van der Waals surface area (Å²) in [6.45, 7) is 0. The Morgan fingerprint density at radius 2 is 2.06 bits per heavy atom. The third-order valence-electron chi connectivity index (χ3n) is 3.28. The Hall–Kier alpha value is -1.10. The van der Waals surface area contributed by atoms with Crippen molar-refractivity contribution in [1.82, 2.24) is 15.5 Å². The molecular formula is C11H20N4O. The Kier molecular flexibility index (Phi) is 3.43. The fraction of sp³-hybridized carbons (Fsp3) is 0.818. The van der Waals surface area contributed by atoms with Gasteiger partial charge in [-0.05, 0) is 25.0 Å². The summed E-state index contributed by atoms with van der Waals surface area (Å²) in [5, 5.41) is 7.32. The lowest BCUT2D eigenvalue weighted by molar-refractivity contribution is 0.270. The van der Waals surface area contributed by atoms with Gasteiger partial charge in [-0.15, -0.1) is 0 Å². The molecule has 5 heteroatoms. The van der Waals surface area contributed by atoms with E-state index in [0.29, 0.717) is 17.9 Å². The molecule has 1 fully saturated rings. The van der Waals surface area contributed by atoms with Crippen molar-refractivity contribution in [2.45, 2.75) is 37.6 Å². The van der Waals surface area contributed by atoms with E-state index < -0.39 is 0 Å². The predicted octanol–water partition coefficient (Wildman–Crippen LogP) is 1.38. The molecule has 90 valence electrons. The van der Waals surface area contributed by atoms with Crippen molar-refractivity contribution < 1.29 is 4.52 Å². The summed E-state index contributed by atoms with van der Waals surface area (Å²) in [6, 6.07) is 0.476. The Bertz CT molecular complexity index is 336. The van der Waals surface area contributed by atoms with Gasteiger partial charge in [-0.25, -0.2) is 0 Å². The second-order valence-corrected chi connectivity index (χ2v) is 4.61. The maximum Gasteiger partial charge on any atom is 0.265 e. The predicted molar refractivity (Wildman–Crippen MR) is 62.7 cm³/mol. The summed E-state index contributed by atoms with van der Waals surface area (Å²) in [5.74, 6) is 1.82. The van der Waals surface area contributed by atoms with Crippen LogP contribution in [0.5, 0.6) is 0 Å². The van der Waals surface area contributed by atoms with Gasteiger partial charge >= 0.3 is 0 Å². The number of rotatable bonds is 3. The van der Waals surface area contributed by atoms with Crippen LogP contribution in [0.25, 0.3) is 0 Å². The number of hydrogen-bond donors (Lipinski definition) is 1. The number of nitrogens with one attached hydrogen (secondary N) is 1. The summed E-state index contributed by atoms with van der Waals surface area (Å²) in [6.07, 6.45) is 4.88. The first-order chi connectivity index (χ1) is 7.72. The standard InChI is InChI=1S/C11H20N4O/c1-12-9-7-5-4-6-8(9)10-13-11(14-16-10)15(2)3/h8-9,12H,4-7H2,1-3H3. The van der Waals surface area contributed by atoms with Crippen LogP contribution in [0.2, 0.25) is 0 Å². The SMILES string of the molecule is CNC1CCCCC1c1nc(N(C)C)no1. The van der Waals surface area contributed by atoms with Crippen molar-refractivity contribution in [1.29, 1.82) is 0 Å². The maximum absolute atomic E-state index is 5.35. The molecule has 16 heavy (non-hydrogen) atoms. The molecule has 0 aliphatic heterocycles. The molecule has 0 bridgehead atoms. The van der Waals surface area contributed by atoms with Crippen LogP contribution in [-0.4, -0.2) is 37.3 Å². The highest BCUT2D eigenvalue weighted by Gasteiger charge is 2.29. The molecule has 1 saturated carbocycles. The zero-order chi connectivity index (χ0) is 11.5. The Morgan fingerprint density at radius 3 is 2.69 bits per heavy atom. The van der Waals surface area contributed by atoms with Crippen molar-refractivity contribution >= 4 is 5.95 Å². The van der Waals surface area contributed by atoms with E-state index in [0.717, 1.165) is 12.3 Å². The van der Waals surface area contributed by atoms with Crippen LogP contribution in [0.4, 0.5) is 5.95 Å². The second kappa shape index (κ2) is 4.82. The van der Waals surface area contributed by atoms with Gasteiger partial charge in [-0.2, -0.15) is 4.98 Å². The van der Waals surface area contributed by atoms with E-state index in [9.17, 15) is 0 Å². The van der Waals surface area contributed by atoms with Crippen LogP contribution >= 0.6 is 0 Å². The summed E-state index contributed by atoms with van der Waals surface area (Å²) >= 11 is 0. The molecule has 1 heterocycles. The van der Waals surface area contributed by atoms with Gasteiger partial charge in [0.15, 0.2) is 0 Å². The van der Waals surface area contributed by atoms with Gasteiger partial charge in [0.05, 0.1) is 5.92 Å². The van der Waals surface area contributed by atoms with E-state index in [1.54, 1.807) is 0 Å². The molecule has 2 atom stereocenters. The van der Waals surface area contributed by atoms with Crippen molar-refractivity contribution in [3.63, 3.8) is 0 Å². The van der Waals surface area contributed by atoms with Crippen LogP contribution in [0.3, 0.4) is 0 Å². The van der Waals surface area contributed by atoms with Crippen LogP contribution in [-0.2, 0) is 0 Å². The first-order valence-corrected chi connectivity index (χ1v) is 5.90. The zero-order valence-corrected chi connectivity index (χ0v) is 10.2. The third kappa shape index (κ3) is 2.19. The molecule has 1 aliphatic rings. The van der Waals surface area contributed by atoms with Crippen molar-refractivity contribution in [3.05, 3.63) is 5.89 Å². The van der Waals surface area contributed by atoms with Crippen LogP contribution in [0.1, 0.15) is 37.5 Å². The van der Waals surface area contributed by atoms with Crippen LogP contribution < -0.4 is 10.2 Å². The van der Waals surface area contributed by atoms with E-state index in [2.05, 4.69) is 15.5 Å². The number of anilines is 1. The normalized spacial score (nSPS) is 25.7. The minimum absolute atomic E-state index is 0.375. The zero-order valence-electron chi connectivity index (χ0n) is 10.2. The lowest BCUT2D eigenvalue weighted by Crippen LogP contribution is -2.34. The first-order valence-electron chi connectivity index (χ1n) is 5.90. The average Bonchev–Trinajstić information content (AvgIpc) is 2.78.